The van der Waals surface area contributed by atoms with Crippen LogP contribution in [0.5, 0.6) is 0 Å². The van der Waals surface area contributed by atoms with Crippen molar-refractivity contribution in [1.82, 2.24) is 4.98 Å². The molecule has 104 valence electrons. The first-order valence-corrected chi connectivity index (χ1v) is 6.21. The van der Waals surface area contributed by atoms with E-state index in [-0.39, 0.29) is 17.3 Å². The number of anilines is 2. The Kier molecular flexibility index (Phi) is 4.05. The summed E-state index contributed by atoms with van der Waals surface area (Å²) in [6, 6.07) is 10.1. The van der Waals surface area contributed by atoms with Gasteiger partial charge in [-0.1, -0.05) is 23.7 Å². The number of rotatable bonds is 4. The average Bonchev–Trinajstić information content (AvgIpc) is 2.38. The van der Waals surface area contributed by atoms with Crippen LogP contribution in [-0.2, 0) is 6.54 Å². The number of nitro groups is 1. The molecule has 2 rings (SSSR count). The highest BCUT2D eigenvalue weighted by molar-refractivity contribution is 6.30. The second-order valence-electron chi connectivity index (χ2n) is 4.32. The van der Waals surface area contributed by atoms with E-state index in [1.54, 1.807) is 24.1 Å². The van der Waals surface area contributed by atoms with Crippen LogP contribution in [0.15, 0.2) is 36.4 Å². The third-order valence-corrected chi connectivity index (χ3v) is 2.98. The van der Waals surface area contributed by atoms with Crippen LogP contribution in [0.1, 0.15) is 5.56 Å². The van der Waals surface area contributed by atoms with Crippen LogP contribution in [0.2, 0.25) is 5.02 Å². The van der Waals surface area contributed by atoms with Crippen molar-refractivity contribution >= 4 is 28.9 Å². The van der Waals surface area contributed by atoms with Gasteiger partial charge in [-0.05, 0) is 23.8 Å². The zero-order valence-corrected chi connectivity index (χ0v) is 11.5. The van der Waals surface area contributed by atoms with Gasteiger partial charge in [0.2, 0.25) is 5.82 Å². The summed E-state index contributed by atoms with van der Waals surface area (Å²) >= 11 is 5.92. The monoisotopic (exact) mass is 292 g/mol. The fourth-order valence-corrected chi connectivity index (χ4v) is 2.08. The van der Waals surface area contributed by atoms with Crippen molar-refractivity contribution in [3.05, 3.63) is 57.1 Å². The lowest BCUT2D eigenvalue weighted by atomic mass is 10.2. The maximum absolute atomic E-state index is 11.0. The van der Waals surface area contributed by atoms with Crippen molar-refractivity contribution in [3.63, 3.8) is 0 Å². The summed E-state index contributed by atoms with van der Waals surface area (Å²) in [5.41, 5.74) is 6.45. The number of nitrogen functional groups attached to an aromatic ring is 1. The molecule has 0 fully saturated rings. The van der Waals surface area contributed by atoms with E-state index in [1.807, 2.05) is 12.1 Å². The molecule has 0 bridgehead atoms. The van der Waals surface area contributed by atoms with Gasteiger partial charge in [0.05, 0.1) is 4.92 Å². The van der Waals surface area contributed by atoms with Crippen LogP contribution in [0.4, 0.5) is 17.3 Å². The topological polar surface area (TPSA) is 85.3 Å². The van der Waals surface area contributed by atoms with Crippen LogP contribution in [0.3, 0.4) is 0 Å². The predicted octanol–water partition coefficient (Wildman–Crippen LogP) is 2.86. The van der Waals surface area contributed by atoms with Gasteiger partial charge in [-0.2, -0.15) is 0 Å². The van der Waals surface area contributed by atoms with Gasteiger partial charge in [-0.15, -0.1) is 0 Å². The first kappa shape index (κ1) is 14.1. The van der Waals surface area contributed by atoms with Gasteiger partial charge in [0.25, 0.3) is 0 Å². The lowest BCUT2D eigenvalue weighted by molar-refractivity contribution is -0.384. The fraction of sp³-hybridized carbons (Fsp3) is 0.154. The second kappa shape index (κ2) is 5.75. The average molecular weight is 293 g/mol. The molecular formula is C13H13ClN4O2. The maximum atomic E-state index is 11.0. The highest BCUT2D eigenvalue weighted by atomic mass is 35.5. The fourth-order valence-electron chi connectivity index (χ4n) is 1.86. The number of aromatic nitrogens is 1. The SMILES string of the molecule is CN(Cc1cccc(Cl)c1)c1nc(N)ccc1[N+](=O)[O-]. The third kappa shape index (κ3) is 3.16. The largest absolute Gasteiger partial charge is 0.384 e. The smallest absolute Gasteiger partial charge is 0.311 e. The number of pyridine rings is 1. The van der Waals surface area contributed by atoms with E-state index >= 15 is 0 Å². The minimum Gasteiger partial charge on any atom is -0.384 e. The van der Waals surface area contributed by atoms with E-state index in [9.17, 15) is 10.1 Å². The van der Waals surface area contributed by atoms with Gasteiger partial charge in [0.1, 0.15) is 5.82 Å². The van der Waals surface area contributed by atoms with Gasteiger partial charge < -0.3 is 10.6 Å². The summed E-state index contributed by atoms with van der Waals surface area (Å²) < 4.78 is 0. The zero-order chi connectivity index (χ0) is 14.7. The van der Waals surface area contributed by atoms with Crippen molar-refractivity contribution in [1.29, 1.82) is 0 Å². The Morgan fingerprint density at radius 1 is 1.40 bits per heavy atom. The van der Waals surface area contributed by atoms with Gasteiger partial charge in [0.15, 0.2) is 0 Å². The predicted molar refractivity (Wildman–Crippen MR) is 78.9 cm³/mol. The summed E-state index contributed by atoms with van der Waals surface area (Å²) in [7, 11) is 1.72. The van der Waals surface area contributed by atoms with Crippen LogP contribution in [0.25, 0.3) is 0 Å². The molecule has 7 heteroatoms. The molecule has 2 aromatic rings. The molecule has 1 heterocycles. The molecular weight excluding hydrogens is 280 g/mol. The maximum Gasteiger partial charge on any atom is 0.311 e. The number of hydrogen-bond acceptors (Lipinski definition) is 5. The normalized spacial score (nSPS) is 10.3. The van der Waals surface area contributed by atoms with Gasteiger partial charge in [-0.25, -0.2) is 4.98 Å². The molecule has 0 aliphatic carbocycles. The molecule has 0 spiro atoms. The van der Waals surface area contributed by atoms with Crippen molar-refractivity contribution < 1.29 is 4.92 Å². The minimum atomic E-state index is -0.476. The molecule has 0 atom stereocenters. The summed E-state index contributed by atoms with van der Waals surface area (Å²) in [5.74, 6) is 0.471. The van der Waals surface area contributed by atoms with Gasteiger partial charge >= 0.3 is 5.69 Å². The van der Waals surface area contributed by atoms with Gasteiger partial charge in [0, 0.05) is 24.7 Å². The molecule has 0 amide bonds. The number of nitrogens with two attached hydrogens (primary N) is 1. The van der Waals surface area contributed by atoms with Crippen LogP contribution < -0.4 is 10.6 Å². The Morgan fingerprint density at radius 3 is 2.80 bits per heavy atom. The summed E-state index contributed by atoms with van der Waals surface area (Å²) in [5, 5.41) is 11.6. The molecule has 0 radical (unpaired) electrons. The van der Waals surface area contributed by atoms with E-state index in [1.165, 1.54) is 12.1 Å². The second-order valence-corrected chi connectivity index (χ2v) is 4.76. The van der Waals surface area contributed by atoms with E-state index < -0.39 is 4.92 Å². The van der Waals surface area contributed by atoms with Crippen molar-refractivity contribution in [2.75, 3.05) is 17.7 Å². The molecule has 0 saturated carbocycles. The standard InChI is InChI=1S/C13H13ClN4O2/c1-17(8-9-3-2-4-10(14)7-9)13-11(18(19)20)5-6-12(15)16-13/h2-7H,8H2,1H3,(H2,15,16). The number of benzene rings is 1. The molecule has 0 unspecified atom stereocenters. The van der Waals surface area contributed by atoms with Crippen molar-refractivity contribution in [3.8, 4) is 0 Å². The molecule has 20 heavy (non-hydrogen) atoms. The molecule has 6 nitrogen and oxygen atoms in total. The summed E-state index contributed by atoms with van der Waals surface area (Å²) in [4.78, 5) is 16.3. The Morgan fingerprint density at radius 2 is 2.15 bits per heavy atom. The lowest BCUT2D eigenvalue weighted by Gasteiger charge is -2.18. The van der Waals surface area contributed by atoms with E-state index in [0.29, 0.717) is 11.6 Å². The summed E-state index contributed by atoms with van der Waals surface area (Å²) in [6.45, 7) is 0.442. The first-order valence-electron chi connectivity index (χ1n) is 5.84. The van der Waals surface area contributed by atoms with Crippen LogP contribution >= 0.6 is 11.6 Å². The van der Waals surface area contributed by atoms with E-state index in [4.69, 9.17) is 17.3 Å². The Hall–Kier alpha value is -2.34. The lowest BCUT2D eigenvalue weighted by Crippen LogP contribution is -2.19. The van der Waals surface area contributed by atoms with Gasteiger partial charge in [-0.3, -0.25) is 10.1 Å². The van der Waals surface area contributed by atoms with Crippen molar-refractivity contribution in [2.24, 2.45) is 0 Å². The highest BCUT2D eigenvalue weighted by Gasteiger charge is 2.19. The molecule has 0 saturated heterocycles. The van der Waals surface area contributed by atoms with Crippen molar-refractivity contribution in [2.45, 2.75) is 6.54 Å². The molecule has 2 N–H and O–H groups in total. The third-order valence-electron chi connectivity index (χ3n) is 2.74. The number of halogens is 1. The van der Waals surface area contributed by atoms with Crippen LogP contribution in [0, 0.1) is 10.1 Å². The first-order chi connectivity index (χ1) is 9.47. The van der Waals surface area contributed by atoms with Crippen LogP contribution in [-0.4, -0.2) is 17.0 Å². The molecule has 1 aromatic carbocycles. The Bertz CT molecular complexity index is 648. The Labute approximate surface area is 120 Å². The molecule has 0 aliphatic rings. The van der Waals surface area contributed by atoms with E-state index in [2.05, 4.69) is 4.98 Å². The Balaban J connectivity index is 2.31. The quantitative estimate of drug-likeness (QED) is 0.692. The molecule has 0 aliphatic heterocycles. The van der Waals surface area contributed by atoms with E-state index in [0.717, 1.165) is 5.56 Å². The number of nitrogens with zero attached hydrogens (tertiary/aromatic N) is 3. The minimum absolute atomic E-state index is 0.0799. The molecule has 1 aromatic heterocycles. The highest BCUT2D eigenvalue weighted by Crippen LogP contribution is 2.27. The summed E-state index contributed by atoms with van der Waals surface area (Å²) in [6.07, 6.45) is 0. The zero-order valence-electron chi connectivity index (χ0n) is 10.8. The number of hydrogen-bond donors (Lipinski definition) is 1.